The number of fused-ring (bicyclic) bond motifs is 5. The number of aliphatic hydroxyl groups is 1. The fraction of sp³-hybridized carbons (Fsp3) is 0.143. The largest absolute Gasteiger partial charge is 0.450 e. The molecule has 5 heteroatoms. The van der Waals surface area contributed by atoms with E-state index in [0.717, 1.165) is 21.8 Å². The summed E-state index contributed by atoms with van der Waals surface area (Å²) in [7, 11) is 0. The van der Waals surface area contributed by atoms with Crippen LogP contribution < -0.4 is 0 Å². The van der Waals surface area contributed by atoms with Crippen LogP contribution in [0.2, 0.25) is 0 Å². The van der Waals surface area contributed by atoms with E-state index in [1.54, 1.807) is 6.20 Å². The van der Waals surface area contributed by atoms with Crippen molar-refractivity contribution in [1.29, 1.82) is 0 Å². The lowest BCUT2D eigenvalue weighted by molar-refractivity contribution is 0.0235. The average molecular weight is 254 g/mol. The van der Waals surface area contributed by atoms with Crippen molar-refractivity contribution in [2.24, 2.45) is 0 Å². The quantitative estimate of drug-likeness (QED) is 0.650. The molecule has 0 amide bonds. The first kappa shape index (κ1) is 10.5. The van der Waals surface area contributed by atoms with Gasteiger partial charge in [0.25, 0.3) is 0 Å². The van der Waals surface area contributed by atoms with Gasteiger partial charge < -0.3 is 14.8 Å². The van der Waals surface area contributed by atoms with Crippen LogP contribution >= 0.6 is 0 Å². The van der Waals surface area contributed by atoms with Crippen LogP contribution in [-0.4, -0.2) is 27.7 Å². The van der Waals surface area contributed by atoms with Crippen molar-refractivity contribution in [2.75, 3.05) is 6.61 Å². The number of hydrogen-bond acceptors (Lipinski definition) is 4. The number of ether oxygens (including phenoxy) is 1. The highest BCUT2D eigenvalue weighted by Crippen LogP contribution is 2.38. The zero-order valence-corrected chi connectivity index (χ0v) is 9.88. The van der Waals surface area contributed by atoms with E-state index >= 15 is 0 Å². The predicted octanol–water partition coefficient (Wildman–Crippen LogP) is 1.92. The van der Waals surface area contributed by atoms with Crippen molar-refractivity contribution >= 4 is 27.8 Å². The fourth-order valence-corrected chi connectivity index (χ4v) is 2.72. The highest BCUT2D eigenvalue weighted by molar-refractivity contribution is 6.12. The van der Waals surface area contributed by atoms with Crippen molar-refractivity contribution in [3.63, 3.8) is 0 Å². The lowest BCUT2D eigenvalue weighted by atomic mass is 10.0. The van der Waals surface area contributed by atoms with E-state index < -0.39 is 12.1 Å². The van der Waals surface area contributed by atoms with Gasteiger partial charge in [-0.2, -0.15) is 0 Å². The number of rotatable bonds is 1. The van der Waals surface area contributed by atoms with Crippen LogP contribution in [0.5, 0.6) is 0 Å². The number of esters is 1. The number of para-hydroxylation sites is 1. The maximum Gasteiger partial charge on any atom is 0.358 e. The zero-order chi connectivity index (χ0) is 13.0. The molecule has 0 aliphatic carbocycles. The third-order valence-electron chi connectivity index (χ3n) is 3.51. The molecule has 19 heavy (non-hydrogen) atoms. The first-order valence-corrected chi connectivity index (χ1v) is 6.00. The summed E-state index contributed by atoms with van der Waals surface area (Å²) in [4.78, 5) is 19.1. The van der Waals surface area contributed by atoms with Gasteiger partial charge in [-0.1, -0.05) is 18.2 Å². The lowest BCUT2D eigenvalue weighted by Crippen LogP contribution is -2.03. The molecule has 1 aliphatic rings. The van der Waals surface area contributed by atoms with Crippen LogP contribution in [0.3, 0.4) is 0 Å². The summed E-state index contributed by atoms with van der Waals surface area (Å²) in [5.74, 6) is -0.471. The molecule has 0 saturated carbocycles. The molecule has 2 N–H and O–H groups in total. The number of carbonyl (C=O) groups excluding carboxylic acids is 1. The topological polar surface area (TPSA) is 75.2 Å². The van der Waals surface area contributed by atoms with E-state index in [4.69, 9.17) is 4.74 Å². The minimum atomic E-state index is -0.627. The Hall–Kier alpha value is -2.40. The summed E-state index contributed by atoms with van der Waals surface area (Å²) in [6.07, 6.45) is 1.01. The number of pyridine rings is 1. The predicted molar refractivity (Wildman–Crippen MR) is 68.8 cm³/mol. The van der Waals surface area contributed by atoms with Crippen LogP contribution in [-0.2, 0) is 4.74 Å². The van der Waals surface area contributed by atoms with Gasteiger partial charge in [0.1, 0.15) is 0 Å². The van der Waals surface area contributed by atoms with Gasteiger partial charge in [-0.25, -0.2) is 9.78 Å². The normalized spacial score (nSPS) is 17.9. The molecule has 1 aromatic carbocycles. The van der Waals surface area contributed by atoms with Crippen LogP contribution in [0, 0.1) is 0 Å². The van der Waals surface area contributed by atoms with Crippen LogP contribution in [0.1, 0.15) is 22.2 Å². The number of carbonyl (C=O) groups is 1. The number of cyclic esters (lactones) is 1. The van der Waals surface area contributed by atoms with Gasteiger partial charge in [0.15, 0.2) is 11.8 Å². The van der Waals surface area contributed by atoms with Gasteiger partial charge in [-0.15, -0.1) is 0 Å². The van der Waals surface area contributed by atoms with Gasteiger partial charge in [0.2, 0.25) is 0 Å². The Bertz CT molecular complexity index is 822. The van der Waals surface area contributed by atoms with Gasteiger partial charge in [-0.05, 0) is 6.07 Å². The van der Waals surface area contributed by atoms with Crippen molar-refractivity contribution in [3.05, 3.63) is 41.7 Å². The standard InChI is InChI=1S/C14H10N2O3/c17-6-10-12-11-7-3-1-2-4-8(7)16-9(11)5-15-13(12)14(18)19-10/h1-5,10,16-17H,6H2/t10-/m0/s1. The number of nitrogens with zero attached hydrogens (tertiary/aromatic N) is 1. The van der Waals surface area contributed by atoms with Crippen molar-refractivity contribution in [1.82, 2.24) is 9.97 Å². The highest BCUT2D eigenvalue weighted by atomic mass is 16.6. The monoisotopic (exact) mass is 254 g/mol. The summed E-state index contributed by atoms with van der Waals surface area (Å²) in [6, 6.07) is 7.82. The molecule has 0 fully saturated rings. The molecular weight excluding hydrogens is 244 g/mol. The Kier molecular flexibility index (Phi) is 1.97. The van der Waals surface area contributed by atoms with Crippen molar-refractivity contribution < 1.29 is 14.6 Å². The fourth-order valence-electron chi connectivity index (χ4n) is 2.72. The second-order valence-electron chi connectivity index (χ2n) is 4.56. The number of H-pyrrole nitrogens is 1. The molecule has 94 valence electrons. The average Bonchev–Trinajstić information content (AvgIpc) is 2.96. The number of aliphatic hydroxyl groups excluding tert-OH is 1. The van der Waals surface area contributed by atoms with E-state index in [1.165, 1.54) is 0 Å². The lowest BCUT2D eigenvalue weighted by Gasteiger charge is -2.07. The third kappa shape index (κ3) is 1.27. The van der Waals surface area contributed by atoms with Gasteiger partial charge >= 0.3 is 5.97 Å². The Morgan fingerprint density at radius 1 is 1.32 bits per heavy atom. The molecule has 5 nitrogen and oxygen atoms in total. The smallest absolute Gasteiger partial charge is 0.358 e. The van der Waals surface area contributed by atoms with E-state index in [2.05, 4.69) is 9.97 Å². The maximum absolute atomic E-state index is 11.7. The molecule has 0 saturated heterocycles. The van der Waals surface area contributed by atoms with Crippen LogP contribution in [0.25, 0.3) is 21.8 Å². The summed E-state index contributed by atoms with van der Waals surface area (Å²) in [6.45, 7) is -0.237. The number of aromatic amines is 1. The first-order chi connectivity index (χ1) is 9.29. The number of aromatic nitrogens is 2. The summed E-state index contributed by atoms with van der Waals surface area (Å²) in [5, 5.41) is 11.3. The molecule has 0 unspecified atom stereocenters. The van der Waals surface area contributed by atoms with E-state index in [-0.39, 0.29) is 6.61 Å². The third-order valence-corrected chi connectivity index (χ3v) is 3.51. The maximum atomic E-state index is 11.7. The Morgan fingerprint density at radius 3 is 3.00 bits per heavy atom. The second-order valence-corrected chi connectivity index (χ2v) is 4.56. The molecule has 2 aromatic heterocycles. The van der Waals surface area contributed by atoms with Gasteiger partial charge in [0.05, 0.1) is 18.3 Å². The molecule has 1 atom stereocenters. The Balaban J connectivity index is 2.20. The summed E-state index contributed by atoms with van der Waals surface area (Å²) >= 11 is 0. The number of benzene rings is 1. The van der Waals surface area contributed by atoms with Gasteiger partial charge in [0, 0.05) is 21.9 Å². The highest BCUT2D eigenvalue weighted by Gasteiger charge is 2.34. The number of nitrogens with one attached hydrogen (secondary N) is 1. The van der Waals surface area contributed by atoms with E-state index in [0.29, 0.717) is 11.3 Å². The van der Waals surface area contributed by atoms with E-state index in [9.17, 15) is 9.90 Å². The molecule has 1 aliphatic heterocycles. The molecule has 3 aromatic rings. The second kappa shape index (κ2) is 3.55. The molecule has 0 spiro atoms. The Morgan fingerprint density at radius 2 is 2.16 bits per heavy atom. The SMILES string of the molecule is O=C1O[C@@H](CO)c2c1ncc1[nH]c3ccccc3c21. The number of hydrogen-bond donors (Lipinski definition) is 2. The summed E-state index contributed by atoms with van der Waals surface area (Å²) in [5.41, 5.74) is 2.80. The molecular formula is C14H10N2O3. The molecule has 0 bridgehead atoms. The minimum absolute atomic E-state index is 0.237. The van der Waals surface area contributed by atoms with Crippen LogP contribution in [0.4, 0.5) is 0 Å². The molecule has 0 radical (unpaired) electrons. The molecule has 4 rings (SSSR count). The van der Waals surface area contributed by atoms with Crippen molar-refractivity contribution in [2.45, 2.75) is 6.10 Å². The first-order valence-electron chi connectivity index (χ1n) is 6.00. The Labute approximate surface area is 107 Å². The minimum Gasteiger partial charge on any atom is -0.450 e. The zero-order valence-electron chi connectivity index (χ0n) is 9.88. The van der Waals surface area contributed by atoms with Crippen LogP contribution in [0.15, 0.2) is 30.5 Å². The van der Waals surface area contributed by atoms with Gasteiger partial charge in [-0.3, -0.25) is 0 Å². The van der Waals surface area contributed by atoms with E-state index in [1.807, 2.05) is 24.3 Å². The van der Waals surface area contributed by atoms with Crippen molar-refractivity contribution in [3.8, 4) is 0 Å². The molecule has 3 heterocycles. The summed E-state index contributed by atoms with van der Waals surface area (Å²) < 4.78 is 5.14.